The van der Waals surface area contributed by atoms with Gasteiger partial charge in [0, 0.05) is 13.1 Å². The molecule has 1 saturated heterocycles. The van der Waals surface area contributed by atoms with Crippen LogP contribution < -0.4 is 16.0 Å². The van der Waals surface area contributed by atoms with Crippen LogP contribution in [0.25, 0.3) is 0 Å². The zero-order valence-electron chi connectivity index (χ0n) is 11.8. The first-order valence-electron chi connectivity index (χ1n) is 6.73. The van der Waals surface area contributed by atoms with E-state index in [1.807, 2.05) is 6.92 Å². The third-order valence-corrected chi connectivity index (χ3v) is 3.84. The highest BCUT2D eigenvalue weighted by atomic mass is 16.2. The number of rotatable bonds is 5. The summed E-state index contributed by atoms with van der Waals surface area (Å²) in [5, 5.41) is 8.79. The van der Waals surface area contributed by atoms with Crippen molar-refractivity contribution in [2.24, 2.45) is 11.3 Å². The molecule has 2 unspecified atom stereocenters. The molecule has 2 atom stereocenters. The molecule has 1 heterocycles. The Morgan fingerprint density at radius 1 is 1.33 bits per heavy atom. The molecule has 0 aromatic carbocycles. The molecule has 1 rings (SSSR count). The fraction of sp³-hybridized carbons (Fsp3) is 0.846. The molecule has 1 aliphatic heterocycles. The molecule has 0 spiro atoms. The Balaban J connectivity index is 2.66. The van der Waals surface area contributed by atoms with E-state index >= 15 is 0 Å². The molecule has 2 amide bonds. The van der Waals surface area contributed by atoms with Crippen LogP contribution in [0.1, 0.15) is 34.1 Å². The lowest BCUT2D eigenvalue weighted by Crippen LogP contribution is -2.52. The SMILES string of the molecule is CCNC(=O)C(C)NC(=O)C1(C(C)C)CCNC1. The smallest absolute Gasteiger partial charge is 0.242 e. The van der Waals surface area contributed by atoms with Crippen LogP contribution in [0, 0.1) is 11.3 Å². The second-order valence-electron chi connectivity index (χ2n) is 5.33. The van der Waals surface area contributed by atoms with Crippen molar-refractivity contribution in [2.75, 3.05) is 19.6 Å². The lowest BCUT2D eigenvalue weighted by Gasteiger charge is -2.32. The Morgan fingerprint density at radius 2 is 2.00 bits per heavy atom. The Kier molecular flexibility index (Phi) is 5.14. The molecule has 104 valence electrons. The Hall–Kier alpha value is -1.10. The molecule has 5 nitrogen and oxygen atoms in total. The molecule has 0 aromatic rings. The number of hydrogen-bond donors (Lipinski definition) is 3. The van der Waals surface area contributed by atoms with Gasteiger partial charge in [-0.15, -0.1) is 0 Å². The summed E-state index contributed by atoms with van der Waals surface area (Å²) in [6, 6.07) is -0.478. The predicted molar refractivity (Wildman–Crippen MR) is 71.0 cm³/mol. The highest BCUT2D eigenvalue weighted by Crippen LogP contribution is 2.34. The highest BCUT2D eigenvalue weighted by Gasteiger charge is 2.44. The standard InChI is InChI=1S/C13H25N3O2/c1-5-15-11(17)10(4)16-12(18)13(9(2)3)6-7-14-8-13/h9-10,14H,5-8H2,1-4H3,(H,15,17)(H,16,18). The van der Waals surface area contributed by atoms with Crippen LogP contribution >= 0.6 is 0 Å². The van der Waals surface area contributed by atoms with Gasteiger partial charge in [-0.2, -0.15) is 0 Å². The molecule has 0 aromatic heterocycles. The maximum Gasteiger partial charge on any atom is 0.242 e. The fourth-order valence-electron chi connectivity index (χ4n) is 2.39. The van der Waals surface area contributed by atoms with E-state index < -0.39 is 6.04 Å². The van der Waals surface area contributed by atoms with Crippen molar-refractivity contribution in [1.82, 2.24) is 16.0 Å². The zero-order chi connectivity index (χ0) is 13.8. The van der Waals surface area contributed by atoms with Crippen molar-refractivity contribution in [1.29, 1.82) is 0 Å². The third kappa shape index (κ3) is 3.02. The van der Waals surface area contributed by atoms with Crippen molar-refractivity contribution >= 4 is 11.8 Å². The normalized spacial score (nSPS) is 24.9. The number of amides is 2. The second kappa shape index (κ2) is 6.18. The molecule has 0 bridgehead atoms. The van der Waals surface area contributed by atoms with Crippen LogP contribution in [0.4, 0.5) is 0 Å². The summed E-state index contributed by atoms with van der Waals surface area (Å²) >= 11 is 0. The monoisotopic (exact) mass is 255 g/mol. The molecule has 0 saturated carbocycles. The second-order valence-corrected chi connectivity index (χ2v) is 5.33. The summed E-state index contributed by atoms with van der Waals surface area (Å²) < 4.78 is 0. The maximum absolute atomic E-state index is 12.4. The molecule has 1 fully saturated rings. The maximum atomic E-state index is 12.4. The van der Waals surface area contributed by atoms with Gasteiger partial charge in [0.05, 0.1) is 5.41 Å². The molecule has 1 aliphatic rings. The zero-order valence-corrected chi connectivity index (χ0v) is 11.8. The largest absolute Gasteiger partial charge is 0.355 e. The van der Waals surface area contributed by atoms with Crippen molar-refractivity contribution in [3.8, 4) is 0 Å². The third-order valence-electron chi connectivity index (χ3n) is 3.84. The fourth-order valence-corrected chi connectivity index (χ4v) is 2.39. The number of hydrogen-bond acceptors (Lipinski definition) is 3. The van der Waals surface area contributed by atoms with Crippen molar-refractivity contribution in [3.05, 3.63) is 0 Å². The lowest BCUT2D eigenvalue weighted by molar-refractivity contribution is -0.136. The summed E-state index contributed by atoms with van der Waals surface area (Å²) in [6.45, 7) is 9.84. The van der Waals surface area contributed by atoms with Crippen LogP contribution in [0.15, 0.2) is 0 Å². The number of carbonyl (C=O) groups is 2. The summed E-state index contributed by atoms with van der Waals surface area (Å²) in [6.07, 6.45) is 0.832. The average molecular weight is 255 g/mol. The number of likely N-dealkylation sites (N-methyl/N-ethyl adjacent to an activating group) is 1. The van der Waals surface area contributed by atoms with Crippen LogP contribution in [0.2, 0.25) is 0 Å². The van der Waals surface area contributed by atoms with E-state index in [1.165, 1.54) is 0 Å². The van der Waals surface area contributed by atoms with Crippen LogP contribution in [-0.2, 0) is 9.59 Å². The first kappa shape index (κ1) is 15.0. The van der Waals surface area contributed by atoms with E-state index in [-0.39, 0.29) is 23.1 Å². The molecular weight excluding hydrogens is 230 g/mol. The Labute approximate surface area is 109 Å². The topological polar surface area (TPSA) is 70.2 Å². The summed E-state index contributed by atoms with van der Waals surface area (Å²) in [7, 11) is 0. The van der Waals surface area contributed by atoms with Gasteiger partial charge in [-0.1, -0.05) is 13.8 Å². The molecule has 0 radical (unpaired) electrons. The van der Waals surface area contributed by atoms with Gasteiger partial charge >= 0.3 is 0 Å². The predicted octanol–water partition coefficient (Wildman–Crippen LogP) is 0.263. The van der Waals surface area contributed by atoms with Gasteiger partial charge in [-0.25, -0.2) is 0 Å². The molecule has 0 aliphatic carbocycles. The van der Waals surface area contributed by atoms with E-state index in [0.717, 1.165) is 13.0 Å². The Morgan fingerprint density at radius 3 is 2.44 bits per heavy atom. The van der Waals surface area contributed by atoms with Gasteiger partial charge in [0.2, 0.25) is 11.8 Å². The van der Waals surface area contributed by atoms with Gasteiger partial charge in [0.15, 0.2) is 0 Å². The summed E-state index contributed by atoms with van der Waals surface area (Å²) in [4.78, 5) is 24.0. The molecular formula is C13H25N3O2. The minimum absolute atomic E-state index is 0.0127. The van der Waals surface area contributed by atoms with Gasteiger partial charge < -0.3 is 16.0 Å². The van der Waals surface area contributed by atoms with Gasteiger partial charge in [-0.05, 0) is 32.7 Å². The average Bonchev–Trinajstić information content (AvgIpc) is 2.79. The van der Waals surface area contributed by atoms with Crippen LogP contribution in [0.3, 0.4) is 0 Å². The molecule has 3 N–H and O–H groups in total. The van der Waals surface area contributed by atoms with Crippen LogP contribution in [0.5, 0.6) is 0 Å². The van der Waals surface area contributed by atoms with Gasteiger partial charge in [0.25, 0.3) is 0 Å². The highest BCUT2D eigenvalue weighted by molar-refractivity contribution is 5.90. The lowest BCUT2D eigenvalue weighted by atomic mass is 9.75. The van der Waals surface area contributed by atoms with E-state index in [1.54, 1.807) is 6.92 Å². The molecule has 18 heavy (non-hydrogen) atoms. The van der Waals surface area contributed by atoms with E-state index in [2.05, 4.69) is 29.8 Å². The van der Waals surface area contributed by atoms with E-state index in [9.17, 15) is 9.59 Å². The van der Waals surface area contributed by atoms with Crippen LogP contribution in [-0.4, -0.2) is 37.5 Å². The van der Waals surface area contributed by atoms with Gasteiger partial charge in [0.1, 0.15) is 6.04 Å². The van der Waals surface area contributed by atoms with Crippen molar-refractivity contribution in [3.63, 3.8) is 0 Å². The minimum atomic E-state index is -0.478. The minimum Gasteiger partial charge on any atom is -0.355 e. The Bertz CT molecular complexity index is 309. The van der Waals surface area contributed by atoms with E-state index in [4.69, 9.17) is 0 Å². The summed E-state index contributed by atoms with van der Waals surface area (Å²) in [5.41, 5.74) is -0.374. The van der Waals surface area contributed by atoms with E-state index in [0.29, 0.717) is 13.1 Å². The first-order valence-corrected chi connectivity index (χ1v) is 6.73. The quantitative estimate of drug-likeness (QED) is 0.660. The first-order chi connectivity index (χ1) is 8.44. The number of nitrogens with one attached hydrogen (secondary N) is 3. The molecule has 5 heteroatoms. The summed E-state index contributed by atoms with van der Waals surface area (Å²) in [5.74, 6) is 0.117. The van der Waals surface area contributed by atoms with Crippen molar-refractivity contribution in [2.45, 2.75) is 40.2 Å². The number of carbonyl (C=O) groups excluding carboxylic acids is 2. The van der Waals surface area contributed by atoms with Crippen molar-refractivity contribution < 1.29 is 9.59 Å². The van der Waals surface area contributed by atoms with Gasteiger partial charge in [-0.3, -0.25) is 9.59 Å².